The number of amides is 1. The highest BCUT2D eigenvalue weighted by Crippen LogP contribution is 2.23. The number of primary sulfonamides is 1. The normalized spacial score (nSPS) is 11.3. The van der Waals surface area contributed by atoms with E-state index in [1.54, 1.807) is 11.4 Å². The summed E-state index contributed by atoms with van der Waals surface area (Å²) in [7, 11) is -3.98. The second-order valence-corrected chi connectivity index (χ2v) is 7.63. The minimum atomic E-state index is -3.98. The summed E-state index contributed by atoms with van der Waals surface area (Å²) in [5.41, 5.74) is 0.251. The molecule has 0 radical (unpaired) electrons. The summed E-state index contributed by atoms with van der Waals surface area (Å²) in [5, 5.41) is 8.85. The molecule has 5 nitrogen and oxygen atoms in total. The molecule has 0 aliphatic carbocycles. The van der Waals surface area contributed by atoms with E-state index in [4.69, 9.17) is 5.14 Å². The van der Waals surface area contributed by atoms with Gasteiger partial charge in [0.1, 0.15) is 5.82 Å². The molecule has 0 spiro atoms. The molecule has 0 aliphatic heterocycles. The molecule has 0 bridgehead atoms. The number of carbonyl (C=O) groups is 1. The molecular formula is C11H8BrFN2O3S2. The highest BCUT2D eigenvalue weighted by Gasteiger charge is 2.14. The highest BCUT2D eigenvalue weighted by atomic mass is 79.9. The zero-order valence-corrected chi connectivity index (χ0v) is 13.0. The number of hydrogen-bond donors (Lipinski definition) is 2. The van der Waals surface area contributed by atoms with Crippen molar-refractivity contribution in [3.63, 3.8) is 0 Å². The van der Waals surface area contributed by atoms with Crippen molar-refractivity contribution >= 4 is 48.9 Å². The third-order valence-electron chi connectivity index (χ3n) is 2.35. The van der Waals surface area contributed by atoms with Crippen molar-refractivity contribution in [1.82, 2.24) is 0 Å². The van der Waals surface area contributed by atoms with E-state index in [9.17, 15) is 17.6 Å². The number of hydrogen-bond acceptors (Lipinski definition) is 4. The van der Waals surface area contributed by atoms with E-state index >= 15 is 0 Å². The number of anilines is 1. The van der Waals surface area contributed by atoms with Gasteiger partial charge in [-0.2, -0.15) is 0 Å². The van der Waals surface area contributed by atoms with Gasteiger partial charge < -0.3 is 5.32 Å². The third kappa shape index (κ3) is 3.42. The van der Waals surface area contributed by atoms with E-state index in [2.05, 4.69) is 21.2 Å². The van der Waals surface area contributed by atoms with Crippen LogP contribution in [0.2, 0.25) is 0 Å². The van der Waals surface area contributed by atoms with Gasteiger partial charge in [-0.3, -0.25) is 4.79 Å². The van der Waals surface area contributed by atoms with E-state index < -0.39 is 21.7 Å². The van der Waals surface area contributed by atoms with Crippen LogP contribution in [0.5, 0.6) is 0 Å². The zero-order chi connectivity index (χ0) is 14.9. The number of thiophene rings is 1. The summed E-state index contributed by atoms with van der Waals surface area (Å²) in [6, 6.07) is 4.62. The van der Waals surface area contributed by atoms with Crippen LogP contribution in [0.1, 0.15) is 10.4 Å². The van der Waals surface area contributed by atoms with Gasteiger partial charge in [-0.05, 0) is 40.2 Å². The van der Waals surface area contributed by atoms with E-state index in [1.807, 2.05) is 0 Å². The van der Waals surface area contributed by atoms with Crippen molar-refractivity contribution in [2.24, 2.45) is 5.14 Å². The van der Waals surface area contributed by atoms with Crippen molar-refractivity contribution in [2.45, 2.75) is 4.90 Å². The molecule has 2 rings (SSSR count). The van der Waals surface area contributed by atoms with Crippen LogP contribution in [-0.2, 0) is 10.0 Å². The maximum atomic E-state index is 13.7. The molecule has 0 fully saturated rings. The molecular weight excluding hydrogens is 371 g/mol. The standard InChI is InChI=1S/C11H8BrFN2O3S2/c12-10-3-6(5-19-10)11(16)15-9-2-1-7(4-8(9)13)20(14,17)18/h1-5H,(H,15,16)(H2,14,17,18). The molecule has 2 aromatic rings. The van der Waals surface area contributed by atoms with Gasteiger partial charge in [0, 0.05) is 5.38 Å². The Kier molecular flexibility index (Phi) is 4.23. The molecule has 1 aromatic heterocycles. The van der Waals surface area contributed by atoms with Gasteiger partial charge >= 0.3 is 0 Å². The first-order valence-electron chi connectivity index (χ1n) is 5.15. The van der Waals surface area contributed by atoms with Crippen LogP contribution in [-0.4, -0.2) is 14.3 Å². The van der Waals surface area contributed by atoms with Crippen LogP contribution >= 0.6 is 27.3 Å². The first-order chi connectivity index (χ1) is 9.27. The molecule has 9 heteroatoms. The molecule has 1 heterocycles. The summed E-state index contributed by atoms with van der Waals surface area (Å²) in [4.78, 5) is 11.5. The Morgan fingerprint density at radius 3 is 2.55 bits per heavy atom. The number of carbonyl (C=O) groups excluding carboxylic acids is 1. The Balaban J connectivity index is 2.25. The SMILES string of the molecule is NS(=O)(=O)c1ccc(NC(=O)c2csc(Br)c2)c(F)c1. The van der Waals surface area contributed by atoms with Crippen LogP contribution in [0, 0.1) is 5.82 Å². The lowest BCUT2D eigenvalue weighted by Gasteiger charge is -2.06. The minimum Gasteiger partial charge on any atom is -0.319 e. The molecule has 0 unspecified atom stereocenters. The van der Waals surface area contributed by atoms with E-state index in [0.717, 1.165) is 22.0 Å². The second-order valence-electron chi connectivity index (χ2n) is 3.78. The van der Waals surface area contributed by atoms with Crippen molar-refractivity contribution < 1.29 is 17.6 Å². The molecule has 1 aromatic carbocycles. The molecule has 1 amide bonds. The number of sulfonamides is 1. The maximum absolute atomic E-state index is 13.7. The Labute approximate surface area is 126 Å². The molecule has 0 saturated carbocycles. The first kappa shape index (κ1) is 15.1. The predicted octanol–water partition coefficient (Wildman–Crippen LogP) is 2.55. The number of nitrogens with two attached hydrogens (primary N) is 1. The zero-order valence-electron chi connectivity index (χ0n) is 9.76. The largest absolute Gasteiger partial charge is 0.319 e. The van der Waals surface area contributed by atoms with Gasteiger partial charge in [-0.1, -0.05) is 0 Å². The third-order valence-corrected chi connectivity index (χ3v) is 4.76. The summed E-state index contributed by atoms with van der Waals surface area (Å²) >= 11 is 4.54. The summed E-state index contributed by atoms with van der Waals surface area (Å²) < 4.78 is 36.6. The van der Waals surface area contributed by atoms with Crippen LogP contribution < -0.4 is 10.5 Å². The Hall–Kier alpha value is -1.29. The topological polar surface area (TPSA) is 89.3 Å². The van der Waals surface area contributed by atoms with Crippen molar-refractivity contribution in [1.29, 1.82) is 0 Å². The van der Waals surface area contributed by atoms with Gasteiger partial charge in [0.15, 0.2) is 0 Å². The van der Waals surface area contributed by atoms with Gasteiger partial charge in [0.25, 0.3) is 5.91 Å². The Morgan fingerprint density at radius 1 is 1.35 bits per heavy atom. The van der Waals surface area contributed by atoms with Gasteiger partial charge in [-0.25, -0.2) is 17.9 Å². The molecule has 20 heavy (non-hydrogen) atoms. The van der Waals surface area contributed by atoms with Crippen LogP contribution in [0.25, 0.3) is 0 Å². The number of halogens is 2. The highest BCUT2D eigenvalue weighted by molar-refractivity contribution is 9.11. The number of nitrogens with one attached hydrogen (secondary N) is 1. The van der Waals surface area contributed by atoms with Gasteiger partial charge in [0.05, 0.1) is 19.9 Å². The van der Waals surface area contributed by atoms with Crippen LogP contribution in [0.15, 0.2) is 38.3 Å². The lowest BCUT2D eigenvalue weighted by molar-refractivity contribution is 0.102. The van der Waals surface area contributed by atoms with Gasteiger partial charge in [-0.15, -0.1) is 11.3 Å². The molecule has 0 saturated heterocycles. The lowest BCUT2D eigenvalue weighted by atomic mass is 10.2. The smallest absolute Gasteiger partial charge is 0.256 e. The summed E-state index contributed by atoms with van der Waals surface area (Å²) in [5.74, 6) is -1.37. The predicted molar refractivity (Wildman–Crippen MR) is 77.7 cm³/mol. The van der Waals surface area contributed by atoms with Crippen molar-refractivity contribution in [2.75, 3.05) is 5.32 Å². The molecule has 0 aliphatic rings. The second kappa shape index (κ2) is 5.60. The van der Waals surface area contributed by atoms with Crippen LogP contribution in [0.4, 0.5) is 10.1 Å². The molecule has 3 N–H and O–H groups in total. The monoisotopic (exact) mass is 378 g/mol. The van der Waals surface area contributed by atoms with E-state index in [-0.39, 0.29) is 10.6 Å². The minimum absolute atomic E-state index is 0.121. The average Bonchev–Trinajstić information content (AvgIpc) is 2.77. The van der Waals surface area contributed by atoms with Gasteiger partial charge in [0.2, 0.25) is 10.0 Å². The summed E-state index contributed by atoms with van der Waals surface area (Å²) in [6.45, 7) is 0. The lowest BCUT2D eigenvalue weighted by Crippen LogP contribution is -2.15. The first-order valence-corrected chi connectivity index (χ1v) is 8.37. The van der Waals surface area contributed by atoms with Crippen molar-refractivity contribution in [3.8, 4) is 0 Å². The summed E-state index contributed by atoms with van der Waals surface area (Å²) in [6.07, 6.45) is 0. The maximum Gasteiger partial charge on any atom is 0.256 e. The van der Waals surface area contributed by atoms with Crippen LogP contribution in [0.3, 0.4) is 0 Å². The molecule has 106 valence electrons. The van der Waals surface area contributed by atoms with E-state index in [0.29, 0.717) is 5.56 Å². The Morgan fingerprint density at radius 2 is 2.05 bits per heavy atom. The average molecular weight is 379 g/mol. The Bertz CT molecular complexity index is 774. The van der Waals surface area contributed by atoms with E-state index in [1.165, 1.54) is 11.3 Å². The fraction of sp³-hybridized carbons (Fsp3) is 0. The fourth-order valence-corrected chi connectivity index (χ4v) is 3.06. The van der Waals surface area contributed by atoms with Crippen molar-refractivity contribution in [3.05, 3.63) is 44.8 Å². The fourth-order valence-electron chi connectivity index (χ4n) is 1.40. The number of rotatable bonds is 3. The quantitative estimate of drug-likeness (QED) is 0.859. The molecule has 0 atom stereocenters. The number of benzene rings is 1.